The number of hydrogen-bond acceptors (Lipinski definition) is 4. The predicted molar refractivity (Wildman–Crippen MR) is 92.3 cm³/mol. The molecule has 0 saturated carbocycles. The van der Waals surface area contributed by atoms with Gasteiger partial charge in [0, 0.05) is 6.54 Å². The van der Waals surface area contributed by atoms with Gasteiger partial charge in [0.1, 0.15) is 5.15 Å². The van der Waals surface area contributed by atoms with Crippen LogP contribution in [-0.4, -0.2) is 22.5 Å². The van der Waals surface area contributed by atoms with Crippen LogP contribution in [0.25, 0.3) is 5.69 Å². The highest BCUT2D eigenvalue weighted by molar-refractivity contribution is 6.33. The Morgan fingerprint density at radius 1 is 1.16 bits per heavy atom. The average molecular weight is 356 g/mol. The lowest BCUT2D eigenvalue weighted by molar-refractivity contribution is 0.0951. The number of ether oxygens (including phenoxy) is 2. The van der Waals surface area contributed by atoms with E-state index in [1.807, 2.05) is 48.5 Å². The normalized spacial score (nSPS) is 12.2. The second kappa shape index (κ2) is 6.49. The maximum absolute atomic E-state index is 12.4. The largest absolute Gasteiger partial charge is 0.454 e. The van der Waals surface area contributed by atoms with E-state index in [1.54, 1.807) is 0 Å². The fraction of sp³-hybridized carbons (Fsp3) is 0.111. The molecule has 0 unspecified atom stereocenters. The van der Waals surface area contributed by atoms with Gasteiger partial charge in [0.2, 0.25) is 6.79 Å². The van der Waals surface area contributed by atoms with Gasteiger partial charge in [-0.25, -0.2) is 4.68 Å². The minimum absolute atomic E-state index is 0.222. The molecule has 1 aliphatic rings. The summed E-state index contributed by atoms with van der Waals surface area (Å²) in [6, 6.07) is 14.9. The molecule has 0 spiro atoms. The van der Waals surface area contributed by atoms with Gasteiger partial charge in [0.25, 0.3) is 5.91 Å². The highest BCUT2D eigenvalue weighted by atomic mass is 35.5. The van der Waals surface area contributed by atoms with Gasteiger partial charge in [-0.15, -0.1) is 0 Å². The van der Waals surface area contributed by atoms with Crippen molar-refractivity contribution in [3.63, 3.8) is 0 Å². The lowest BCUT2D eigenvalue weighted by Gasteiger charge is -2.06. The molecule has 1 N–H and O–H groups in total. The van der Waals surface area contributed by atoms with E-state index >= 15 is 0 Å². The van der Waals surface area contributed by atoms with Crippen LogP contribution in [-0.2, 0) is 6.54 Å². The van der Waals surface area contributed by atoms with E-state index < -0.39 is 0 Å². The third kappa shape index (κ3) is 3.04. The van der Waals surface area contributed by atoms with E-state index in [1.165, 1.54) is 10.9 Å². The smallest absolute Gasteiger partial charge is 0.256 e. The molecular weight excluding hydrogens is 342 g/mol. The summed E-state index contributed by atoms with van der Waals surface area (Å²) in [7, 11) is 0. The van der Waals surface area contributed by atoms with Gasteiger partial charge in [-0.3, -0.25) is 4.79 Å². The van der Waals surface area contributed by atoms with Crippen LogP contribution in [0, 0.1) is 0 Å². The Morgan fingerprint density at radius 3 is 2.80 bits per heavy atom. The minimum atomic E-state index is -0.287. The summed E-state index contributed by atoms with van der Waals surface area (Å²) in [6.07, 6.45) is 1.46. The number of benzene rings is 2. The molecule has 2 heterocycles. The number of rotatable bonds is 4. The lowest BCUT2D eigenvalue weighted by atomic mass is 10.2. The zero-order chi connectivity index (χ0) is 17.2. The molecule has 0 saturated heterocycles. The zero-order valence-corrected chi connectivity index (χ0v) is 13.9. The van der Waals surface area contributed by atoms with Crippen molar-refractivity contribution in [1.29, 1.82) is 0 Å². The predicted octanol–water partition coefficient (Wildman–Crippen LogP) is 3.18. The third-order valence-electron chi connectivity index (χ3n) is 3.85. The standard InChI is InChI=1S/C18H14ClN3O3/c19-17-14(10-21-22(17)13-4-2-1-3-5-13)18(23)20-9-12-6-7-15-16(8-12)25-11-24-15/h1-8,10H,9,11H2,(H,20,23). The summed E-state index contributed by atoms with van der Waals surface area (Å²) >= 11 is 6.32. The summed E-state index contributed by atoms with van der Waals surface area (Å²) in [5.41, 5.74) is 2.03. The van der Waals surface area contributed by atoms with Crippen LogP contribution in [0.5, 0.6) is 11.5 Å². The molecule has 7 heteroatoms. The Balaban J connectivity index is 1.48. The topological polar surface area (TPSA) is 65.4 Å². The molecule has 0 fully saturated rings. The number of aromatic nitrogens is 2. The van der Waals surface area contributed by atoms with Crippen LogP contribution < -0.4 is 14.8 Å². The first-order valence-electron chi connectivity index (χ1n) is 7.68. The molecule has 25 heavy (non-hydrogen) atoms. The fourth-order valence-electron chi connectivity index (χ4n) is 2.56. The number of fused-ring (bicyclic) bond motifs is 1. The molecule has 1 aliphatic heterocycles. The van der Waals surface area contributed by atoms with Gasteiger partial charge in [-0.05, 0) is 29.8 Å². The van der Waals surface area contributed by atoms with Crippen LogP contribution in [0.3, 0.4) is 0 Å². The molecule has 0 radical (unpaired) electrons. The number of carbonyl (C=O) groups is 1. The Morgan fingerprint density at radius 2 is 1.96 bits per heavy atom. The van der Waals surface area contributed by atoms with Gasteiger partial charge in [0.05, 0.1) is 17.4 Å². The first kappa shape index (κ1) is 15.5. The quantitative estimate of drug-likeness (QED) is 0.780. The van der Waals surface area contributed by atoms with Crippen molar-refractivity contribution in [3.05, 3.63) is 71.0 Å². The van der Waals surface area contributed by atoms with E-state index in [0.717, 1.165) is 11.3 Å². The third-order valence-corrected chi connectivity index (χ3v) is 4.21. The molecule has 0 atom stereocenters. The monoisotopic (exact) mass is 355 g/mol. The molecule has 1 aromatic heterocycles. The molecule has 6 nitrogen and oxygen atoms in total. The summed E-state index contributed by atoms with van der Waals surface area (Å²) in [5, 5.41) is 7.31. The van der Waals surface area contributed by atoms with Gasteiger partial charge in [-0.1, -0.05) is 35.9 Å². The fourth-order valence-corrected chi connectivity index (χ4v) is 2.84. The van der Waals surface area contributed by atoms with Crippen molar-refractivity contribution >= 4 is 17.5 Å². The van der Waals surface area contributed by atoms with E-state index in [0.29, 0.717) is 23.6 Å². The Bertz CT molecular complexity index is 925. The highest BCUT2D eigenvalue weighted by Gasteiger charge is 2.17. The average Bonchev–Trinajstić information content (AvgIpc) is 3.26. The first-order valence-corrected chi connectivity index (χ1v) is 8.06. The number of hydrogen-bond donors (Lipinski definition) is 1. The van der Waals surface area contributed by atoms with Gasteiger partial charge in [-0.2, -0.15) is 5.10 Å². The number of nitrogens with one attached hydrogen (secondary N) is 1. The molecule has 2 aromatic carbocycles. The Labute approximate surface area is 148 Å². The van der Waals surface area contributed by atoms with Gasteiger partial charge in [0.15, 0.2) is 11.5 Å². The van der Waals surface area contributed by atoms with Crippen LogP contribution in [0.2, 0.25) is 5.15 Å². The molecule has 0 bridgehead atoms. The SMILES string of the molecule is O=C(NCc1ccc2c(c1)OCO2)c1cnn(-c2ccccc2)c1Cl. The second-order valence-corrected chi connectivity index (χ2v) is 5.82. The molecule has 3 aromatic rings. The number of para-hydroxylation sites is 1. The molecule has 0 aliphatic carbocycles. The zero-order valence-electron chi connectivity index (χ0n) is 13.1. The number of carbonyl (C=O) groups excluding carboxylic acids is 1. The van der Waals surface area contributed by atoms with Crippen LogP contribution in [0.1, 0.15) is 15.9 Å². The molecule has 4 rings (SSSR count). The highest BCUT2D eigenvalue weighted by Crippen LogP contribution is 2.32. The number of nitrogens with zero attached hydrogens (tertiary/aromatic N) is 2. The molecule has 1 amide bonds. The maximum atomic E-state index is 12.4. The van der Waals surface area contributed by atoms with Gasteiger partial charge >= 0.3 is 0 Å². The summed E-state index contributed by atoms with van der Waals surface area (Å²) < 4.78 is 12.1. The van der Waals surface area contributed by atoms with E-state index in [9.17, 15) is 4.79 Å². The van der Waals surface area contributed by atoms with Crippen molar-refractivity contribution in [2.75, 3.05) is 6.79 Å². The lowest BCUT2D eigenvalue weighted by Crippen LogP contribution is -2.22. The first-order chi connectivity index (χ1) is 12.2. The van der Waals surface area contributed by atoms with E-state index in [-0.39, 0.29) is 17.9 Å². The summed E-state index contributed by atoms with van der Waals surface area (Å²) in [5.74, 6) is 1.11. The van der Waals surface area contributed by atoms with Crippen molar-refractivity contribution in [2.24, 2.45) is 0 Å². The van der Waals surface area contributed by atoms with Gasteiger partial charge < -0.3 is 14.8 Å². The van der Waals surface area contributed by atoms with Crippen molar-refractivity contribution in [3.8, 4) is 17.2 Å². The van der Waals surface area contributed by atoms with Crippen molar-refractivity contribution in [1.82, 2.24) is 15.1 Å². The Kier molecular flexibility index (Phi) is 4.03. The summed E-state index contributed by atoms with van der Waals surface area (Å²) in [4.78, 5) is 12.4. The molecular formula is C18H14ClN3O3. The Hall–Kier alpha value is -2.99. The van der Waals surface area contributed by atoms with Crippen LogP contribution in [0.4, 0.5) is 0 Å². The van der Waals surface area contributed by atoms with Crippen LogP contribution in [0.15, 0.2) is 54.7 Å². The van der Waals surface area contributed by atoms with Crippen molar-refractivity contribution in [2.45, 2.75) is 6.54 Å². The second-order valence-electron chi connectivity index (χ2n) is 5.47. The molecule has 126 valence electrons. The maximum Gasteiger partial charge on any atom is 0.256 e. The van der Waals surface area contributed by atoms with E-state index in [2.05, 4.69) is 10.4 Å². The summed E-state index contributed by atoms with van der Waals surface area (Å²) in [6.45, 7) is 0.571. The minimum Gasteiger partial charge on any atom is -0.454 e. The van der Waals surface area contributed by atoms with E-state index in [4.69, 9.17) is 21.1 Å². The number of halogens is 1. The van der Waals surface area contributed by atoms with Crippen molar-refractivity contribution < 1.29 is 14.3 Å². The van der Waals surface area contributed by atoms with Crippen LogP contribution >= 0.6 is 11.6 Å². The number of amides is 1.